The number of aromatic nitrogens is 2. The van der Waals surface area contributed by atoms with Gasteiger partial charge in [0.05, 0.1) is 0 Å². The van der Waals surface area contributed by atoms with E-state index in [0.717, 1.165) is 27.9 Å². The van der Waals surface area contributed by atoms with Crippen molar-refractivity contribution in [2.45, 2.75) is 116 Å². The van der Waals surface area contributed by atoms with Gasteiger partial charge in [0.15, 0.2) is 0 Å². The Labute approximate surface area is 228 Å². The molecule has 2 rings (SSSR count). The van der Waals surface area contributed by atoms with Crippen LogP contribution in [0, 0.1) is 16.0 Å². The van der Waals surface area contributed by atoms with Gasteiger partial charge in [-0.2, -0.15) is 0 Å². The van der Waals surface area contributed by atoms with Gasteiger partial charge in [0.25, 0.3) is 0 Å². The molecule has 1 aromatic heterocycles. The zero-order valence-electron chi connectivity index (χ0n) is 22.8. The van der Waals surface area contributed by atoms with Crippen LogP contribution in [0.2, 0.25) is 0 Å². The van der Waals surface area contributed by atoms with Gasteiger partial charge < -0.3 is 0 Å². The molecule has 1 aromatic carbocycles. The summed E-state index contributed by atoms with van der Waals surface area (Å²) in [5.41, 5.74) is -1.97. The average Bonchev–Trinajstić information content (AvgIpc) is 2.83. The van der Waals surface area contributed by atoms with Crippen LogP contribution in [0.15, 0.2) is 12.1 Å². The van der Waals surface area contributed by atoms with E-state index in [1.54, 1.807) is 0 Å². The molecule has 0 amide bonds. The number of rotatable bonds is 4. The van der Waals surface area contributed by atoms with Crippen molar-refractivity contribution in [3.63, 3.8) is 0 Å². The van der Waals surface area contributed by atoms with Crippen LogP contribution in [-0.4, -0.2) is 75.5 Å². The van der Waals surface area contributed by atoms with E-state index in [4.69, 9.17) is 0 Å². The fourth-order valence-corrected chi connectivity index (χ4v) is 14.5. The van der Waals surface area contributed by atoms with E-state index in [-0.39, 0.29) is 20.6 Å². The van der Waals surface area contributed by atoms with E-state index in [9.17, 15) is 8.78 Å². The molecular weight excluding hydrogens is 665 g/mol. The number of benzene rings is 1. The number of nitrogens with zero attached hydrogens (tertiary/aromatic N) is 2. The molecular formula is C25H42F2N2P2Se3. The van der Waals surface area contributed by atoms with Crippen LogP contribution in [0.3, 0.4) is 0 Å². The third-order valence-corrected chi connectivity index (χ3v) is 33.3. The fraction of sp³-hybridized carbons (Fsp3) is 0.720. The van der Waals surface area contributed by atoms with Crippen molar-refractivity contribution >= 4 is 67.8 Å². The molecule has 0 spiro atoms. The molecule has 0 N–H and O–H groups in total. The Morgan fingerprint density at radius 2 is 0.853 bits per heavy atom. The topological polar surface area (TPSA) is 9.86 Å². The molecule has 34 heavy (non-hydrogen) atoms. The standard InChI is InChI=1S/C25H42F2N2P2Se3/c1-22(2,3)30(33,23(4,5)6)15-28-19-13-17(26)18(27)14-20(19)29(21(28)32)16-31(34,24(7,8)9)25(10,11)12/h13-14H,15-16H2,1-12H3. The molecule has 2 nitrogen and oxygen atoms in total. The van der Waals surface area contributed by atoms with Crippen molar-refractivity contribution in [3.8, 4) is 0 Å². The van der Waals surface area contributed by atoms with Crippen molar-refractivity contribution < 1.29 is 8.78 Å². The Balaban J connectivity index is 2.95. The van der Waals surface area contributed by atoms with E-state index < -0.39 is 22.7 Å². The van der Waals surface area contributed by atoms with Crippen LogP contribution in [-0.2, 0) is 12.6 Å². The van der Waals surface area contributed by atoms with Crippen LogP contribution in [0.1, 0.15) is 83.1 Å². The first-order valence-electron chi connectivity index (χ1n) is 11.7. The van der Waals surface area contributed by atoms with Crippen molar-refractivity contribution in [1.82, 2.24) is 9.13 Å². The first-order valence-corrected chi connectivity index (χ1v) is 20.9. The zero-order chi connectivity index (χ0) is 26.9. The molecule has 2 aromatic rings. The Bertz CT molecular complexity index is 1120. The molecule has 0 saturated heterocycles. The number of hydrogen-bond acceptors (Lipinski definition) is 0. The Hall–Kier alpha value is 0.968. The summed E-state index contributed by atoms with van der Waals surface area (Å²) in [6, 6.07) is 2.76. The maximum absolute atomic E-state index is 14.6. The molecule has 194 valence electrons. The van der Waals surface area contributed by atoms with E-state index in [1.165, 1.54) is 12.1 Å². The predicted octanol–water partition coefficient (Wildman–Crippen LogP) is 7.73. The number of hydrogen-bond donors (Lipinski definition) is 0. The molecule has 0 saturated carbocycles. The van der Waals surface area contributed by atoms with Crippen molar-refractivity contribution in [3.05, 3.63) is 28.1 Å². The Morgan fingerprint density at radius 3 is 1.06 bits per heavy atom. The summed E-state index contributed by atoms with van der Waals surface area (Å²) in [6.45, 7) is 27.5. The van der Waals surface area contributed by atoms with Gasteiger partial charge in [-0.3, -0.25) is 0 Å². The molecule has 0 aliphatic rings. The number of fused-ring (bicyclic) bond motifs is 1. The molecule has 0 radical (unpaired) electrons. The molecule has 0 aliphatic carbocycles. The fourth-order valence-electron chi connectivity index (χ4n) is 4.84. The predicted molar refractivity (Wildman–Crippen MR) is 153 cm³/mol. The molecule has 0 fully saturated rings. The molecule has 0 unspecified atom stereocenters. The van der Waals surface area contributed by atoms with E-state index in [2.05, 4.69) is 138 Å². The Kier molecular flexibility index (Phi) is 8.82. The van der Waals surface area contributed by atoms with Crippen LogP contribution in [0.4, 0.5) is 8.78 Å². The summed E-state index contributed by atoms with van der Waals surface area (Å²) < 4.78 is 34.5. The summed E-state index contributed by atoms with van der Waals surface area (Å²) >= 11 is 10.6. The van der Waals surface area contributed by atoms with Gasteiger partial charge in [-0.15, -0.1) is 0 Å². The summed E-state index contributed by atoms with van der Waals surface area (Å²) in [5.74, 6) is -1.60. The molecule has 0 aliphatic heterocycles. The van der Waals surface area contributed by atoms with Gasteiger partial charge in [-0.1, -0.05) is 0 Å². The van der Waals surface area contributed by atoms with Gasteiger partial charge in [-0.25, -0.2) is 0 Å². The summed E-state index contributed by atoms with van der Waals surface area (Å²) in [4.78, 5) is 0. The van der Waals surface area contributed by atoms with E-state index in [0.29, 0.717) is 0 Å². The summed E-state index contributed by atoms with van der Waals surface area (Å²) in [5, 5.41) is 0.182. The van der Waals surface area contributed by atoms with Gasteiger partial charge in [-0.05, 0) is 0 Å². The third-order valence-electron chi connectivity index (χ3n) is 7.08. The van der Waals surface area contributed by atoms with Crippen molar-refractivity contribution in [2.75, 3.05) is 0 Å². The second kappa shape index (κ2) is 9.61. The third kappa shape index (κ3) is 5.40. The van der Waals surface area contributed by atoms with Gasteiger partial charge in [0, 0.05) is 0 Å². The maximum atomic E-state index is 14.6. The second-order valence-corrected chi connectivity index (χ2v) is 30.8. The van der Waals surface area contributed by atoms with Crippen LogP contribution in [0.25, 0.3) is 11.0 Å². The molecule has 1 heterocycles. The van der Waals surface area contributed by atoms with Crippen molar-refractivity contribution in [1.29, 1.82) is 0 Å². The van der Waals surface area contributed by atoms with Gasteiger partial charge >= 0.3 is 230 Å². The average molecular weight is 707 g/mol. The van der Waals surface area contributed by atoms with Crippen LogP contribution < -0.4 is 0 Å². The second-order valence-electron chi connectivity index (χ2n) is 13.3. The summed E-state index contributed by atoms with van der Waals surface area (Å²) in [6.07, 6.45) is 1.50. The quantitative estimate of drug-likeness (QED) is 0.228. The van der Waals surface area contributed by atoms with Gasteiger partial charge in [0.2, 0.25) is 0 Å². The normalized spacial score (nSPS) is 14.8. The SMILES string of the molecule is CC(C)(C)P(=[Se])(Cn1c(=[Se])n(CP(=[Se])(C(C)(C)C)C(C)(C)C)c2cc(F)c(F)cc21)C(C)(C)C. The first kappa shape index (κ1) is 31.2. The number of imidazole rings is 1. The van der Waals surface area contributed by atoms with Crippen molar-refractivity contribution in [2.24, 2.45) is 0 Å². The molecule has 0 bridgehead atoms. The first-order chi connectivity index (χ1) is 14.9. The Morgan fingerprint density at radius 1 is 0.618 bits per heavy atom. The molecule has 0 atom stereocenters. The summed E-state index contributed by atoms with van der Waals surface area (Å²) in [7, 11) is 0. The number of halogens is 2. The zero-order valence-corrected chi connectivity index (χ0v) is 29.8. The van der Waals surface area contributed by atoms with Crippen LogP contribution >= 0.6 is 11.0 Å². The van der Waals surface area contributed by atoms with Gasteiger partial charge in [0.1, 0.15) is 0 Å². The van der Waals surface area contributed by atoms with Crippen LogP contribution in [0.5, 0.6) is 0 Å². The van der Waals surface area contributed by atoms with E-state index in [1.807, 2.05) is 0 Å². The minimum atomic E-state index is -1.73. The minimum absolute atomic E-state index is 0.0454. The van der Waals surface area contributed by atoms with E-state index >= 15 is 0 Å². The molecule has 9 heteroatoms. The monoisotopic (exact) mass is 710 g/mol.